The SMILES string of the molecule is CCOC(=O)c1cn(-c2ccc(OCCN(C)C)cc2)c2cc(N3CCC[C@@H]3COc3ncccc3C)c(F)cc2c1=O. The Kier molecular flexibility index (Phi) is 9.25. The van der Waals surface area contributed by atoms with Gasteiger partial charge in [0.25, 0.3) is 0 Å². The Morgan fingerprint density at radius 3 is 2.65 bits per heavy atom. The fraction of sp³-hybridized carbons (Fsp3) is 0.364. The smallest absolute Gasteiger partial charge is 0.343 e. The van der Waals surface area contributed by atoms with Gasteiger partial charge in [0, 0.05) is 42.1 Å². The molecular weight excluding hydrogens is 551 g/mol. The van der Waals surface area contributed by atoms with Crippen molar-refractivity contribution in [3.63, 3.8) is 0 Å². The summed E-state index contributed by atoms with van der Waals surface area (Å²) in [6, 6.07) is 14.0. The number of carbonyl (C=O) groups excluding carboxylic acids is 1. The van der Waals surface area contributed by atoms with Gasteiger partial charge >= 0.3 is 5.97 Å². The van der Waals surface area contributed by atoms with E-state index in [2.05, 4.69) is 4.98 Å². The van der Waals surface area contributed by atoms with E-state index in [-0.39, 0.29) is 23.6 Å². The van der Waals surface area contributed by atoms with E-state index >= 15 is 4.39 Å². The molecule has 0 N–H and O–H groups in total. The molecule has 226 valence electrons. The number of likely N-dealkylation sites (N-methyl/N-ethyl adjacent to an activating group) is 1. The number of carbonyl (C=O) groups is 1. The highest BCUT2D eigenvalue weighted by Crippen LogP contribution is 2.32. The van der Waals surface area contributed by atoms with E-state index in [9.17, 15) is 9.59 Å². The van der Waals surface area contributed by atoms with Crippen LogP contribution in [0.5, 0.6) is 11.6 Å². The molecule has 0 spiro atoms. The van der Waals surface area contributed by atoms with Gasteiger partial charge in [0.1, 0.15) is 30.3 Å². The maximum absolute atomic E-state index is 15.8. The van der Waals surface area contributed by atoms with Gasteiger partial charge in [-0.3, -0.25) is 4.79 Å². The van der Waals surface area contributed by atoms with E-state index in [0.29, 0.717) is 48.3 Å². The number of rotatable bonds is 11. The van der Waals surface area contributed by atoms with E-state index in [1.165, 1.54) is 12.3 Å². The Hall–Kier alpha value is -4.44. The van der Waals surface area contributed by atoms with Crippen LogP contribution >= 0.6 is 0 Å². The summed E-state index contributed by atoms with van der Waals surface area (Å²) in [6.45, 7) is 6.00. The molecule has 1 atom stereocenters. The lowest BCUT2D eigenvalue weighted by Gasteiger charge is -2.28. The van der Waals surface area contributed by atoms with Crippen LogP contribution < -0.4 is 19.8 Å². The molecule has 43 heavy (non-hydrogen) atoms. The van der Waals surface area contributed by atoms with Gasteiger partial charge in [-0.25, -0.2) is 14.2 Å². The van der Waals surface area contributed by atoms with Gasteiger partial charge in [-0.2, -0.15) is 0 Å². The molecule has 0 amide bonds. The zero-order chi connectivity index (χ0) is 30.5. The van der Waals surface area contributed by atoms with Crippen LogP contribution in [0.15, 0.2) is 65.7 Å². The summed E-state index contributed by atoms with van der Waals surface area (Å²) in [4.78, 5) is 34.5. The van der Waals surface area contributed by atoms with Crippen molar-refractivity contribution in [2.24, 2.45) is 0 Å². The van der Waals surface area contributed by atoms with Gasteiger partial charge < -0.3 is 28.6 Å². The van der Waals surface area contributed by atoms with Crippen molar-refractivity contribution >= 4 is 22.6 Å². The van der Waals surface area contributed by atoms with Crippen LogP contribution in [0.3, 0.4) is 0 Å². The van der Waals surface area contributed by atoms with E-state index in [1.807, 2.05) is 67.2 Å². The lowest BCUT2D eigenvalue weighted by molar-refractivity contribution is 0.0524. The average Bonchev–Trinajstić information content (AvgIpc) is 3.46. The molecule has 0 aliphatic carbocycles. The number of aromatic nitrogens is 2. The first kappa shape index (κ1) is 30.0. The molecule has 1 saturated heterocycles. The van der Waals surface area contributed by atoms with Gasteiger partial charge in [0.15, 0.2) is 0 Å². The molecule has 2 aromatic carbocycles. The largest absolute Gasteiger partial charge is 0.492 e. The molecule has 9 nitrogen and oxygen atoms in total. The molecule has 0 bridgehead atoms. The number of esters is 1. The van der Waals surface area contributed by atoms with Crippen LogP contribution in [0.2, 0.25) is 0 Å². The number of hydrogen-bond acceptors (Lipinski definition) is 8. The Bertz CT molecular complexity index is 1650. The van der Waals surface area contributed by atoms with Crippen LogP contribution in [-0.4, -0.2) is 73.5 Å². The summed E-state index contributed by atoms with van der Waals surface area (Å²) in [7, 11) is 3.95. The summed E-state index contributed by atoms with van der Waals surface area (Å²) in [5.41, 5.74) is 1.72. The van der Waals surface area contributed by atoms with Crippen molar-refractivity contribution in [2.45, 2.75) is 32.7 Å². The molecule has 3 heterocycles. The molecule has 10 heteroatoms. The van der Waals surface area contributed by atoms with Crippen molar-refractivity contribution in [1.82, 2.24) is 14.5 Å². The zero-order valence-electron chi connectivity index (χ0n) is 25.0. The fourth-order valence-electron chi connectivity index (χ4n) is 5.29. The first-order valence-corrected chi connectivity index (χ1v) is 14.5. The van der Waals surface area contributed by atoms with Gasteiger partial charge in [-0.1, -0.05) is 6.07 Å². The summed E-state index contributed by atoms with van der Waals surface area (Å²) in [5, 5.41) is 0.0919. The molecule has 1 fully saturated rings. The van der Waals surface area contributed by atoms with Crippen molar-refractivity contribution < 1.29 is 23.4 Å². The third-order valence-electron chi connectivity index (χ3n) is 7.55. The normalized spacial score (nSPS) is 14.8. The number of fused-ring (bicyclic) bond motifs is 1. The van der Waals surface area contributed by atoms with E-state index in [1.54, 1.807) is 23.8 Å². The quantitative estimate of drug-likeness (QED) is 0.227. The first-order chi connectivity index (χ1) is 20.8. The second-order valence-electron chi connectivity index (χ2n) is 10.9. The Labute approximate surface area is 250 Å². The molecule has 1 aliphatic heterocycles. The van der Waals surface area contributed by atoms with Crippen molar-refractivity contribution in [2.75, 3.05) is 51.9 Å². The number of hydrogen-bond donors (Lipinski definition) is 0. The number of nitrogens with zero attached hydrogens (tertiary/aromatic N) is 4. The highest BCUT2D eigenvalue weighted by atomic mass is 19.1. The molecule has 0 radical (unpaired) electrons. The summed E-state index contributed by atoms with van der Waals surface area (Å²) >= 11 is 0. The van der Waals surface area contributed by atoms with Gasteiger partial charge in [0.05, 0.1) is 23.9 Å². The number of anilines is 1. The molecular formula is C33H37FN4O5. The summed E-state index contributed by atoms with van der Waals surface area (Å²) in [5.74, 6) is -0.0419. The molecule has 1 aliphatic rings. The average molecular weight is 589 g/mol. The molecule has 5 rings (SSSR count). The monoisotopic (exact) mass is 588 g/mol. The Morgan fingerprint density at radius 2 is 1.93 bits per heavy atom. The van der Waals surface area contributed by atoms with E-state index < -0.39 is 17.2 Å². The topological polar surface area (TPSA) is 86.1 Å². The van der Waals surface area contributed by atoms with Gasteiger partial charge in [-0.15, -0.1) is 0 Å². The molecule has 4 aromatic rings. The molecule has 0 unspecified atom stereocenters. The minimum atomic E-state index is -0.752. The Balaban J connectivity index is 1.54. The molecule has 0 saturated carbocycles. The summed E-state index contributed by atoms with van der Waals surface area (Å²) < 4.78 is 34.6. The van der Waals surface area contributed by atoms with Crippen LogP contribution in [0.25, 0.3) is 16.6 Å². The van der Waals surface area contributed by atoms with Crippen molar-refractivity contribution in [3.05, 3.63) is 88.1 Å². The second-order valence-corrected chi connectivity index (χ2v) is 10.9. The van der Waals surface area contributed by atoms with Gasteiger partial charge in [-0.05, 0) is 83.2 Å². The summed E-state index contributed by atoms with van der Waals surface area (Å²) in [6.07, 6.45) is 4.86. The predicted octanol–water partition coefficient (Wildman–Crippen LogP) is 5.00. The number of benzene rings is 2. The predicted molar refractivity (Wildman–Crippen MR) is 164 cm³/mol. The van der Waals surface area contributed by atoms with Crippen LogP contribution in [-0.2, 0) is 4.74 Å². The first-order valence-electron chi connectivity index (χ1n) is 14.5. The minimum Gasteiger partial charge on any atom is -0.492 e. The van der Waals surface area contributed by atoms with E-state index in [4.69, 9.17) is 14.2 Å². The van der Waals surface area contributed by atoms with Crippen LogP contribution in [0.1, 0.15) is 35.7 Å². The van der Waals surface area contributed by atoms with Crippen LogP contribution in [0.4, 0.5) is 10.1 Å². The maximum Gasteiger partial charge on any atom is 0.343 e. The second kappa shape index (κ2) is 13.2. The Morgan fingerprint density at radius 1 is 1.14 bits per heavy atom. The van der Waals surface area contributed by atoms with Crippen LogP contribution in [0, 0.1) is 12.7 Å². The van der Waals surface area contributed by atoms with E-state index in [0.717, 1.165) is 24.9 Å². The number of aryl methyl sites for hydroxylation is 1. The number of halogens is 1. The highest BCUT2D eigenvalue weighted by Gasteiger charge is 2.29. The number of pyridine rings is 2. The van der Waals surface area contributed by atoms with Crippen molar-refractivity contribution in [1.29, 1.82) is 0 Å². The van der Waals surface area contributed by atoms with Gasteiger partial charge in [0.2, 0.25) is 11.3 Å². The standard InChI is InChI=1S/C33H37FN4O5/c1-5-41-33(40)27-20-38(23-10-12-25(13-11-23)42-17-16-36(3)4)29-19-30(28(34)18-26(29)31(27)39)37-15-7-9-24(37)21-43-32-22(2)8-6-14-35-32/h6,8,10-14,18-20,24H,5,7,9,15-17,21H2,1-4H3/t24-/m1/s1. The minimum absolute atomic E-state index is 0.0778. The number of ether oxygens (including phenoxy) is 3. The zero-order valence-corrected chi connectivity index (χ0v) is 25.0. The fourth-order valence-corrected chi connectivity index (χ4v) is 5.29. The highest BCUT2D eigenvalue weighted by molar-refractivity contribution is 5.95. The third-order valence-corrected chi connectivity index (χ3v) is 7.55. The molecule has 2 aromatic heterocycles. The lowest BCUT2D eigenvalue weighted by Crippen LogP contribution is -2.35. The lowest BCUT2D eigenvalue weighted by atomic mass is 10.1. The van der Waals surface area contributed by atoms with Crippen molar-refractivity contribution in [3.8, 4) is 17.3 Å². The maximum atomic E-state index is 15.8. The third kappa shape index (κ3) is 6.64.